The van der Waals surface area contributed by atoms with E-state index in [1.165, 1.54) is 11.1 Å². The average Bonchev–Trinajstić information content (AvgIpc) is 2.45. The molecule has 0 aliphatic heterocycles. The summed E-state index contributed by atoms with van der Waals surface area (Å²) in [7, 11) is 0. The summed E-state index contributed by atoms with van der Waals surface area (Å²) in [5.74, 6) is 0. The third-order valence-electron chi connectivity index (χ3n) is 2.48. The molecule has 0 unspecified atom stereocenters. The summed E-state index contributed by atoms with van der Waals surface area (Å²) in [5, 5.41) is 5.75. The first-order valence-corrected chi connectivity index (χ1v) is 5.52. The highest BCUT2D eigenvalue weighted by molar-refractivity contribution is 5.63. The van der Waals surface area contributed by atoms with Gasteiger partial charge in [-0.3, -0.25) is 5.22 Å². The predicted octanol–water partition coefficient (Wildman–Crippen LogP) is 3.84. The lowest BCUT2D eigenvalue weighted by atomic mass is 10.0. The van der Waals surface area contributed by atoms with Crippen molar-refractivity contribution in [1.82, 2.24) is 0 Å². The minimum atomic E-state index is 0.397. The van der Waals surface area contributed by atoms with Crippen LogP contribution >= 0.6 is 0 Å². The van der Waals surface area contributed by atoms with Crippen molar-refractivity contribution in [1.29, 1.82) is 0 Å². The van der Waals surface area contributed by atoms with Crippen molar-refractivity contribution in [2.45, 2.75) is 6.61 Å². The zero-order chi connectivity index (χ0) is 12.6. The van der Waals surface area contributed by atoms with Crippen LogP contribution < -0.4 is 0 Å². The first-order chi connectivity index (χ1) is 8.90. The minimum Gasteiger partial charge on any atom is -0.499 e. The monoisotopic (exact) mass is 238 g/mol. The highest BCUT2D eigenvalue weighted by Gasteiger charge is 1.96. The Morgan fingerprint density at radius 1 is 0.944 bits per heavy atom. The first-order valence-electron chi connectivity index (χ1n) is 5.52. The van der Waals surface area contributed by atoms with Gasteiger partial charge < -0.3 is 15.4 Å². The van der Waals surface area contributed by atoms with Crippen molar-refractivity contribution < 1.29 is 4.74 Å². The number of benzene rings is 2. The first kappa shape index (κ1) is 12.0. The molecular weight excluding hydrogens is 226 g/mol. The van der Waals surface area contributed by atoms with E-state index in [2.05, 4.69) is 22.5 Å². The molecule has 0 aliphatic carbocycles. The van der Waals surface area contributed by atoms with Crippen LogP contribution in [0.4, 0.5) is 0 Å². The maximum absolute atomic E-state index is 8.07. The van der Waals surface area contributed by atoms with E-state index in [0.29, 0.717) is 6.61 Å². The molecule has 0 amide bonds. The van der Waals surface area contributed by atoms with Gasteiger partial charge in [0.15, 0.2) is 0 Å². The van der Waals surface area contributed by atoms with Crippen molar-refractivity contribution >= 4 is 6.40 Å². The van der Waals surface area contributed by atoms with Gasteiger partial charge in [-0.2, -0.15) is 0 Å². The van der Waals surface area contributed by atoms with E-state index in [1.807, 2.05) is 42.5 Å². The molecule has 0 atom stereocenters. The lowest BCUT2D eigenvalue weighted by Crippen LogP contribution is -1.90. The molecule has 4 heteroatoms. The van der Waals surface area contributed by atoms with Gasteiger partial charge in [-0.15, -0.1) is 0 Å². The van der Waals surface area contributed by atoms with Crippen LogP contribution in [0.25, 0.3) is 16.7 Å². The summed E-state index contributed by atoms with van der Waals surface area (Å²) in [6.45, 7) is 0.397. The number of rotatable bonds is 5. The number of nitrogens with zero attached hydrogens (tertiary/aromatic N) is 3. The summed E-state index contributed by atoms with van der Waals surface area (Å²) in [5.41, 5.74) is 11.5. The van der Waals surface area contributed by atoms with Gasteiger partial charge in [-0.05, 0) is 16.7 Å². The smallest absolute Gasteiger partial charge is 0.112 e. The van der Waals surface area contributed by atoms with Gasteiger partial charge in [0.2, 0.25) is 0 Å². The number of hydrogen-bond acceptors (Lipinski definition) is 2. The van der Waals surface area contributed by atoms with Crippen LogP contribution in [0.15, 0.2) is 64.9 Å². The van der Waals surface area contributed by atoms with Crippen molar-refractivity contribution in [3.05, 3.63) is 65.7 Å². The maximum Gasteiger partial charge on any atom is 0.112 e. The van der Waals surface area contributed by atoms with Crippen LogP contribution in [-0.2, 0) is 11.3 Å². The highest BCUT2D eigenvalue weighted by atomic mass is 16.5. The van der Waals surface area contributed by atoms with E-state index in [4.69, 9.17) is 10.3 Å². The van der Waals surface area contributed by atoms with E-state index >= 15 is 0 Å². The summed E-state index contributed by atoms with van der Waals surface area (Å²) >= 11 is 0. The van der Waals surface area contributed by atoms with E-state index in [-0.39, 0.29) is 0 Å². The Balaban J connectivity index is 2.02. The lowest BCUT2D eigenvalue weighted by molar-refractivity contribution is 0.307. The second-order valence-electron chi connectivity index (χ2n) is 3.68. The molecule has 0 N–H and O–H groups in total. The van der Waals surface area contributed by atoms with Crippen LogP contribution in [0.3, 0.4) is 0 Å². The van der Waals surface area contributed by atoms with Crippen LogP contribution in [-0.4, -0.2) is 6.40 Å². The molecule has 0 saturated heterocycles. The Kier molecular flexibility index (Phi) is 4.19. The Bertz CT molecular complexity index is 520. The molecule has 0 aromatic heterocycles. The third kappa shape index (κ3) is 3.25. The molecule has 0 fully saturated rings. The van der Waals surface area contributed by atoms with Crippen LogP contribution in [0.5, 0.6) is 0 Å². The predicted molar refractivity (Wildman–Crippen MR) is 70.9 cm³/mol. The molecule has 0 aliphatic rings. The van der Waals surface area contributed by atoms with Gasteiger partial charge in [0.25, 0.3) is 0 Å². The lowest BCUT2D eigenvalue weighted by Gasteiger charge is -2.05. The molecule has 0 radical (unpaired) electrons. The molecule has 18 heavy (non-hydrogen) atoms. The van der Waals surface area contributed by atoms with E-state index in [0.717, 1.165) is 12.0 Å². The van der Waals surface area contributed by atoms with Gasteiger partial charge >= 0.3 is 0 Å². The summed E-state index contributed by atoms with van der Waals surface area (Å²) in [6.07, 6.45) is 1.10. The molecule has 0 saturated carbocycles. The molecule has 0 heterocycles. The van der Waals surface area contributed by atoms with Gasteiger partial charge in [0, 0.05) is 0 Å². The Morgan fingerprint density at radius 2 is 1.61 bits per heavy atom. The second-order valence-corrected chi connectivity index (χ2v) is 3.68. The van der Waals surface area contributed by atoms with Gasteiger partial charge in [0.1, 0.15) is 6.61 Å². The Morgan fingerprint density at radius 3 is 2.28 bits per heavy atom. The molecule has 2 aromatic rings. The van der Waals surface area contributed by atoms with Crippen LogP contribution in [0, 0.1) is 0 Å². The Labute approximate surface area is 105 Å². The minimum absolute atomic E-state index is 0.397. The SMILES string of the molecule is [N-]=N/N=C/OCc1ccc(-c2ccccc2)cc1. The van der Waals surface area contributed by atoms with Gasteiger partial charge in [-0.1, -0.05) is 54.6 Å². The van der Waals surface area contributed by atoms with E-state index < -0.39 is 0 Å². The molecule has 90 valence electrons. The van der Waals surface area contributed by atoms with Crippen LogP contribution in [0.1, 0.15) is 5.56 Å². The quantitative estimate of drug-likeness (QED) is 0.338. The standard InChI is InChI=1S/C14H12N3O/c15-17-16-11-18-10-12-6-8-14(9-7-12)13-4-2-1-3-5-13/h1-9,11H,10H2/q-1/b16-11+. The molecule has 4 nitrogen and oxygen atoms in total. The van der Waals surface area contributed by atoms with E-state index in [9.17, 15) is 0 Å². The number of ether oxygens (including phenoxy) is 1. The van der Waals surface area contributed by atoms with Gasteiger partial charge in [0.05, 0.1) is 6.40 Å². The van der Waals surface area contributed by atoms with Crippen molar-refractivity contribution in [2.24, 2.45) is 10.3 Å². The zero-order valence-corrected chi connectivity index (χ0v) is 9.73. The summed E-state index contributed by atoms with van der Waals surface area (Å²) in [6, 6.07) is 18.2. The molecule has 0 bridgehead atoms. The maximum atomic E-state index is 8.07. The fourth-order valence-electron chi connectivity index (χ4n) is 1.61. The van der Waals surface area contributed by atoms with Crippen molar-refractivity contribution in [3.8, 4) is 11.1 Å². The Hall–Kier alpha value is -2.49. The second kappa shape index (κ2) is 6.30. The zero-order valence-electron chi connectivity index (χ0n) is 9.73. The molecule has 2 rings (SSSR count). The molecule has 2 aromatic carbocycles. The molecule has 0 spiro atoms. The topological polar surface area (TPSA) is 56.2 Å². The van der Waals surface area contributed by atoms with Crippen molar-refractivity contribution in [2.75, 3.05) is 0 Å². The summed E-state index contributed by atoms with van der Waals surface area (Å²) in [4.78, 5) is 0. The number of hydrogen-bond donors (Lipinski definition) is 0. The molecular formula is C14H12N3O-. The fraction of sp³-hybridized carbons (Fsp3) is 0.0714. The highest BCUT2D eigenvalue weighted by Crippen LogP contribution is 2.19. The van der Waals surface area contributed by atoms with Gasteiger partial charge in [-0.25, -0.2) is 0 Å². The van der Waals surface area contributed by atoms with Crippen molar-refractivity contribution in [3.63, 3.8) is 0 Å². The largest absolute Gasteiger partial charge is 0.499 e. The van der Waals surface area contributed by atoms with Crippen LogP contribution in [0.2, 0.25) is 0 Å². The normalized spacial score (nSPS) is 10.4. The summed E-state index contributed by atoms with van der Waals surface area (Å²) < 4.78 is 5.06. The van der Waals surface area contributed by atoms with E-state index in [1.54, 1.807) is 0 Å². The third-order valence-corrected chi connectivity index (χ3v) is 2.48. The fourth-order valence-corrected chi connectivity index (χ4v) is 1.61. The average molecular weight is 238 g/mol.